The minimum atomic E-state index is -0.413. The topological polar surface area (TPSA) is 79.3 Å². The average molecular weight is 436 g/mol. The van der Waals surface area contributed by atoms with Gasteiger partial charge in [0.15, 0.2) is 0 Å². The van der Waals surface area contributed by atoms with Crippen molar-refractivity contribution in [1.29, 1.82) is 0 Å². The van der Waals surface area contributed by atoms with E-state index in [1.54, 1.807) is 49.4 Å². The van der Waals surface area contributed by atoms with Gasteiger partial charge in [-0.1, -0.05) is 25.0 Å². The first kappa shape index (κ1) is 21.5. The van der Waals surface area contributed by atoms with Crippen molar-refractivity contribution in [3.8, 4) is 5.69 Å². The van der Waals surface area contributed by atoms with E-state index in [0.717, 1.165) is 38.8 Å². The van der Waals surface area contributed by atoms with Gasteiger partial charge in [0.1, 0.15) is 11.5 Å². The van der Waals surface area contributed by atoms with E-state index in [1.807, 2.05) is 4.90 Å². The van der Waals surface area contributed by atoms with Crippen molar-refractivity contribution in [2.75, 3.05) is 23.7 Å². The molecule has 2 aromatic carbocycles. The van der Waals surface area contributed by atoms with E-state index in [0.29, 0.717) is 22.6 Å². The Morgan fingerprint density at radius 3 is 2.19 bits per heavy atom. The first-order valence-electron chi connectivity index (χ1n) is 10.8. The third kappa shape index (κ3) is 4.80. The molecule has 1 aliphatic rings. The summed E-state index contributed by atoms with van der Waals surface area (Å²) in [5, 5.41) is 9.91. The molecule has 1 saturated heterocycles. The highest BCUT2D eigenvalue weighted by molar-refractivity contribution is 6.05. The minimum Gasteiger partial charge on any atom is -0.325 e. The Kier molecular flexibility index (Phi) is 6.49. The quantitative estimate of drug-likeness (QED) is 0.607. The molecule has 166 valence electrons. The van der Waals surface area contributed by atoms with Gasteiger partial charge in [-0.25, -0.2) is 13.9 Å². The van der Waals surface area contributed by atoms with Crippen LogP contribution < -0.4 is 10.6 Å². The summed E-state index contributed by atoms with van der Waals surface area (Å²) >= 11 is 0. The van der Waals surface area contributed by atoms with Gasteiger partial charge in [0, 0.05) is 24.5 Å². The van der Waals surface area contributed by atoms with Crippen molar-refractivity contribution in [2.24, 2.45) is 0 Å². The fraction of sp³-hybridized carbons (Fsp3) is 0.292. The summed E-state index contributed by atoms with van der Waals surface area (Å²) in [6.07, 6.45) is 5.82. The van der Waals surface area contributed by atoms with Gasteiger partial charge in [-0.2, -0.15) is 5.10 Å². The molecule has 32 heavy (non-hydrogen) atoms. The van der Waals surface area contributed by atoms with E-state index in [9.17, 15) is 14.0 Å². The fourth-order valence-corrected chi connectivity index (χ4v) is 3.81. The molecule has 4 rings (SSSR count). The summed E-state index contributed by atoms with van der Waals surface area (Å²) in [5.74, 6) is -0.755. The van der Waals surface area contributed by atoms with Gasteiger partial charge in [0.25, 0.3) is 5.91 Å². The molecule has 7 nitrogen and oxygen atoms in total. The Balaban J connectivity index is 1.40. The van der Waals surface area contributed by atoms with Crippen LogP contribution in [0.2, 0.25) is 0 Å². The van der Waals surface area contributed by atoms with Gasteiger partial charge in [0.05, 0.1) is 17.5 Å². The number of benzene rings is 2. The zero-order valence-electron chi connectivity index (χ0n) is 18.0. The van der Waals surface area contributed by atoms with Crippen LogP contribution in [0.5, 0.6) is 0 Å². The molecule has 2 heterocycles. The number of urea groups is 1. The number of hydrogen-bond acceptors (Lipinski definition) is 3. The van der Waals surface area contributed by atoms with Crippen molar-refractivity contribution in [3.63, 3.8) is 0 Å². The highest BCUT2D eigenvalue weighted by Crippen LogP contribution is 2.20. The Morgan fingerprint density at radius 2 is 1.53 bits per heavy atom. The molecule has 8 heteroatoms. The number of aromatic nitrogens is 2. The van der Waals surface area contributed by atoms with Crippen LogP contribution in [-0.4, -0.2) is 39.7 Å². The number of halogens is 1. The first-order valence-corrected chi connectivity index (χ1v) is 10.8. The first-order chi connectivity index (χ1) is 15.5. The van der Waals surface area contributed by atoms with E-state index in [4.69, 9.17) is 0 Å². The molecule has 0 saturated carbocycles. The molecule has 0 radical (unpaired) electrons. The van der Waals surface area contributed by atoms with Crippen molar-refractivity contribution < 1.29 is 14.0 Å². The largest absolute Gasteiger partial charge is 0.325 e. The van der Waals surface area contributed by atoms with Crippen molar-refractivity contribution in [2.45, 2.75) is 32.6 Å². The number of nitrogens with zero attached hydrogens (tertiary/aromatic N) is 3. The van der Waals surface area contributed by atoms with Crippen LogP contribution in [0, 0.1) is 12.7 Å². The monoisotopic (exact) mass is 435 g/mol. The lowest BCUT2D eigenvalue weighted by atomic mass is 10.2. The molecule has 0 atom stereocenters. The van der Waals surface area contributed by atoms with Gasteiger partial charge in [-0.15, -0.1) is 0 Å². The summed E-state index contributed by atoms with van der Waals surface area (Å²) in [7, 11) is 0. The van der Waals surface area contributed by atoms with Gasteiger partial charge in [-0.3, -0.25) is 4.79 Å². The second-order valence-electron chi connectivity index (χ2n) is 7.87. The summed E-state index contributed by atoms with van der Waals surface area (Å²) in [6.45, 7) is 3.27. The standard InChI is InChI=1S/C24H26FN5O2/c1-17-20(16-26-30(17)22-9-5-4-8-21(22)25)23(31)27-18-10-12-19(13-11-18)28-24(32)29-14-6-2-3-7-15-29/h4-5,8-13,16H,2-3,6-7,14-15H2,1H3,(H,27,31)(H,28,32). The summed E-state index contributed by atoms with van der Waals surface area (Å²) in [4.78, 5) is 27.0. The summed E-state index contributed by atoms with van der Waals surface area (Å²) < 4.78 is 15.5. The average Bonchev–Trinajstić information content (AvgIpc) is 2.99. The van der Waals surface area contributed by atoms with Crippen molar-refractivity contribution >= 4 is 23.3 Å². The van der Waals surface area contributed by atoms with Gasteiger partial charge >= 0.3 is 6.03 Å². The van der Waals surface area contributed by atoms with Crippen LogP contribution >= 0.6 is 0 Å². The van der Waals surface area contributed by atoms with Crippen LogP contribution in [0.15, 0.2) is 54.7 Å². The SMILES string of the molecule is Cc1c(C(=O)Nc2ccc(NC(=O)N3CCCCCC3)cc2)cnn1-c1ccccc1F. The van der Waals surface area contributed by atoms with E-state index >= 15 is 0 Å². The fourth-order valence-electron chi connectivity index (χ4n) is 3.81. The predicted molar refractivity (Wildman–Crippen MR) is 122 cm³/mol. The number of carbonyl (C=O) groups excluding carboxylic acids is 2. The zero-order valence-corrected chi connectivity index (χ0v) is 18.0. The molecule has 0 aliphatic carbocycles. The van der Waals surface area contributed by atoms with Crippen LogP contribution in [0.1, 0.15) is 41.7 Å². The Bertz CT molecular complexity index is 1100. The minimum absolute atomic E-state index is 0.0973. The van der Waals surface area contributed by atoms with E-state index in [-0.39, 0.29) is 17.6 Å². The Labute approximate surface area is 186 Å². The molecule has 1 aliphatic heterocycles. The van der Waals surface area contributed by atoms with Crippen molar-refractivity contribution in [3.05, 3.63) is 71.8 Å². The Morgan fingerprint density at radius 1 is 0.906 bits per heavy atom. The van der Waals surface area contributed by atoms with E-state index < -0.39 is 5.82 Å². The maximum atomic E-state index is 14.1. The molecule has 3 aromatic rings. The lowest BCUT2D eigenvalue weighted by Crippen LogP contribution is -2.35. The van der Waals surface area contributed by atoms with Gasteiger partial charge < -0.3 is 15.5 Å². The number of carbonyl (C=O) groups is 2. The highest BCUT2D eigenvalue weighted by Gasteiger charge is 2.18. The predicted octanol–water partition coefficient (Wildman–Crippen LogP) is 4.98. The Hall–Kier alpha value is -3.68. The van der Waals surface area contributed by atoms with Gasteiger partial charge in [-0.05, 0) is 56.2 Å². The number of likely N-dealkylation sites (tertiary alicyclic amines) is 1. The maximum Gasteiger partial charge on any atom is 0.321 e. The molecular weight excluding hydrogens is 409 g/mol. The second kappa shape index (κ2) is 9.64. The highest BCUT2D eigenvalue weighted by atomic mass is 19.1. The smallest absolute Gasteiger partial charge is 0.321 e. The van der Waals surface area contributed by atoms with Crippen LogP contribution in [0.3, 0.4) is 0 Å². The molecule has 1 fully saturated rings. The summed E-state index contributed by atoms with van der Waals surface area (Å²) in [6, 6.07) is 13.1. The second-order valence-corrected chi connectivity index (χ2v) is 7.87. The molecule has 0 unspecified atom stereocenters. The number of hydrogen-bond donors (Lipinski definition) is 2. The lowest BCUT2D eigenvalue weighted by molar-refractivity contribution is 0.102. The van der Waals surface area contributed by atoms with Crippen molar-refractivity contribution in [1.82, 2.24) is 14.7 Å². The van der Waals surface area contributed by atoms with Crippen LogP contribution in [0.25, 0.3) is 5.69 Å². The maximum absolute atomic E-state index is 14.1. The van der Waals surface area contributed by atoms with Gasteiger partial charge in [0.2, 0.25) is 0 Å². The number of nitrogens with one attached hydrogen (secondary N) is 2. The molecular formula is C24H26FN5O2. The number of rotatable bonds is 4. The van der Waals surface area contributed by atoms with Crippen LogP contribution in [0.4, 0.5) is 20.6 Å². The number of amides is 3. The molecule has 2 N–H and O–H groups in total. The lowest BCUT2D eigenvalue weighted by Gasteiger charge is -2.20. The van der Waals surface area contributed by atoms with Crippen LogP contribution in [-0.2, 0) is 0 Å². The molecule has 3 amide bonds. The van der Waals surface area contributed by atoms with E-state index in [1.165, 1.54) is 16.9 Å². The normalized spacial score (nSPS) is 14.0. The van der Waals surface area contributed by atoms with E-state index in [2.05, 4.69) is 15.7 Å². The number of anilines is 2. The third-order valence-corrected chi connectivity index (χ3v) is 5.62. The zero-order chi connectivity index (χ0) is 22.5. The molecule has 1 aromatic heterocycles. The molecule has 0 spiro atoms. The third-order valence-electron chi connectivity index (χ3n) is 5.62. The number of para-hydroxylation sites is 1. The molecule has 0 bridgehead atoms. The summed E-state index contributed by atoms with van der Waals surface area (Å²) in [5.41, 5.74) is 2.43.